The average molecular weight is 353 g/mol. The average Bonchev–Trinajstić information content (AvgIpc) is 3.04. The van der Waals surface area contributed by atoms with Crippen LogP contribution in [-0.2, 0) is 0 Å². The molecule has 134 valence electrons. The van der Waals surface area contributed by atoms with Crippen LogP contribution in [0.5, 0.6) is 0 Å². The molecule has 0 saturated heterocycles. The summed E-state index contributed by atoms with van der Waals surface area (Å²) < 4.78 is 1.63. The van der Waals surface area contributed by atoms with E-state index in [4.69, 9.17) is 0 Å². The van der Waals surface area contributed by atoms with E-state index < -0.39 is 4.92 Å². The molecule has 1 unspecified atom stereocenters. The number of hydrogen-bond acceptors (Lipinski definition) is 5. The zero-order chi connectivity index (χ0) is 19.0. The smallest absolute Gasteiger partial charge is 0.269 e. The number of nitrogens with zero attached hydrogens (tertiary/aromatic N) is 5. The van der Waals surface area contributed by atoms with Crippen LogP contribution in [0.15, 0.2) is 36.5 Å². The molecule has 1 amide bonds. The molecule has 3 aromatic rings. The van der Waals surface area contributed by atoms with Gasteiger partial charge < -0.3 is 4.90 Å². The number of amides is 1. The van der Waals surface area contributed by atoms with Crippen LogP contribution in [0.25, 0.3) is 5.65 Å². The molecule has 8 nitrogen and oxygen atoms in total. The van der Waals surface area contributed by atoms with Gasteiger partial charge in [-0.2, -0.15) is 5.10 Å². The molecule has 0 fully saturated rings. The van der Waals surface area contributed by atoms with Crippen LogP contribution in [0.4, 0.5) is 5.69 Å². The van der Waals surface area contributed by atoms with Gasteiger partial charge in [-0.05, 0) is 32.4 Å². The second-order valence-corrected chi connectivity index (χ2v) is 6.28. The Morgan fingerprint density at radius 1 is 1.31 bits per heavy atom. The summed E-state index contributed by atoms with van der Waals surface area (Å²) in [4.78, 5) is 29.5. The molecule has 0 radical (unpaired) electrons. The number of carbonyl (C=O) groups is 1. The minimum absolute atomic E-state index is 0.000835. The van der Waals surface area contributed by atoms with E-state index in [0.717, 1.165) is 11.4 Å². The Kier molecular flexibility index (Phi) is 4.41. The van der Waals surface area contributed by atoms with Crippen molar-refractivity contribution in [3.63, 3.8) is 0 Å². The van der Waals surface area contributed by atoms with Crippen molar-refractivity contribution >= 4 is 17.2 Å². The van der Waals surface area contributed by atoms with Gasteiger partial charge in [0.2, 0.25) is 0 Å². The van der Waals surface area contributed by atoms with Crippen LogP contribution < -0.4 is 0 Å². The summed E-state index contributed by atoms with van der Waals surface area (Å²) in [7, 11) is 1.66. The first kappa shape index (κ1) is 17.5. The summed E-state index contributed by atoms with van der Waals surface area (Å²) in [5.41, 5.74) is 3.29. The number of fused-ring (bicyclic) bond motifs is 1. The minimum atomic E-state index is -0.446. The fourth-order valence-electron chi connectivity index (χ4n) is 2.91. The fraction of sp³-hybridized carbons (Fsp3) is 0.278. The first-order valence-corrected chi connectivity index (χ1v) is 8.13. The van der Waals surface area contributed by atoms with Crippen LogP contribution in [-0.4, -0.2) is 37.4 Å². The lowest BCUT2D eigenvalue weighted by Gasteiger charge is -2.24. The zero-order valence-electron chi connectivity index (χ0n) is 15.0. The first-order valence-electron chi connectivity index (χ1n) is 8.13. The van der Waals surface area contributed by atoms with Gasteiger partial charge in [-0.15, -0.1) is 0 Å². The molecule has 0 N–H and O–H groups in total. The highest BCUT2D eigenvalue weighted by Gasteiger charge is 2.24. The number of rotatable bonds is 4. The van der Waals surface area contributed by atoms with Crippen LogP contribution in [0.3, 0.4) is 0 Å². The Bertz CT molecular complexity index is 1010. The van der Waals surface area contributed by atoms with E-state index in [-0.39, 0.29) is 17.6 Å². The minimum Gasteiger partial charge on any atom is -0.335 e. The Balaban J connectivity index is 1.95. The molecule has 26 heavy (non-hydrogen) atoms. The summed E-state index contributed by atoms with van der Waals surface area (Å²) in [6.07, 6.45) is 1.51. The van der Waals surface area contributed by atoms with E-state index in [1.807, 2.05) is 26.8 Å². The lowest BCUT2D eigenvalue weighted by atomic mass is 10.1. The molecule has 0 aliphatic rings. The van der Waals surface area contributed by atoms with Gasteiger partial charge in [-0.25, -0.2) is 9.50 Å². The molecule has 1 aromatic carbocycles. The molecule has 2 aromatic heterocycles. The third kappa shape index (κ3) is 3.01. The number of benzene rings is 1. The van der Waals surface area contributed by atoms with Crippen molar-refractivity contribution in [2.75, 3.05) is 7.05 Å². The van der Waals surface area contributed by atoms with Gasteiger partial charge in [-0.3, -0.25) is 14.9 Å². The van der Waals surface area contributed by atoms with Gasteiger partial charge in [-0.1, -0.05) is 12.1 Å². The summed E-state index contributed by atoms with van der Waals surface area (Å²) >= 11 is 0. The topological polar surface area (TPSA) is 93.6 Å². The van der Waals surface area contributed by atoms with Crippen LogP contribution in [0.1, 0.15) is 40.3 Å². The van der Waals surface area contributed by atoms with Crippen molar-refractivity contribution in [1.82, 2.24) is 19.5 Å². The number of nitro groups is 1. The quantitative estimate of drug-likeness (QED) is 0.531. The van der Waals surface area contributed by atoms with Crippen molar-refractivity contribution in [3.8, 4) is 0 Å². The van der Waals surface area contributed by atoms with Crippen molar-refractivity contribution in [2.45, 2.75) is 26.8 Å². The maximum absolute atomic E-state index is 13.0. The number of carbonyl (C=O) groups excluding carboxylic acids is 1. The largest absolute Gasteiger partial charge is 0.335 e. The van der Waals surface area contributed by atoms with Crippen molar-refractivity contribution in [1.29, 1.82) is 0 Å². The Morgan fingerprint density at radius 2 is 2.04 bits per heavy atom. The molecule has 0 aliphatic carbocycles. The van der Waals surface area contributed by atoms with Gasteiger partial charge >= 0.3 is 0 Å². The monoisotopic (exact) mass is 353 g/mol. The molecular formula is C18H19N5O3. The molecular weight excluding hydrogens is 334 g/mol. The normalized spacial score (nSPS) is 12.2. The molecule has 1 atom stereocenters. The van der Waals surface area contributed by atoms with Gasteiger partial charge in [0.15, 0.2) is 5.65 Å². The third-order valence-electron chi connectivity index (χ3n) is 4.47. The van der Waals surface area contributed by atoms with Gasteiger partial charge in [0.05, 0.1) is 17.2 Å². The van der Waals surface area contributed by atoms with Crippen molar-refractivity contribution in [2.24, 2.45) is 0 Å². The Labute approximate surface area is 150 Å². The lowest BCUT2D eigenvalue weighted by Crippen LogP contribution is -2.29. The molecule has 2 heterocycles. The molecule has 0 bridgehead atoms. The van der Waals surface area contributed by atoms with Crippen molar-refractivity contribution in [3.05, 3.63) is 69.2 Å². The summed E-state index contributed by atoms with van der Waals surface area (Å²) in [5, 5.41) is 15.2. The second kappa shape index (κ2) is 6.55. The van der Waals surface area contributed by atoms with E-state index in [0.29, 0.717) is 16.8 Å². The van der Waals surface area contributed by atoms with Gasteiger partial charge in [0.25, 0.3) is 11.6 Å². The first-order chi connectivity index (χ1) is 12.3. The van der Waals surface area contributed by atoms with Crippen molar-refractivity contribution < 1.29 is 9.72 Å². The predicted octanol–water partition coefficient (Wildman–Crippen LogP) is 3.09. The maximum atomic E-state index is 13.0. The molecule has 0 aliphatic heterocycles. The van der Waals surface area contributed by atoms with E-state index >= 15 is 0 Å². The second-order valence-electron chi connectivity index (χ2n) is 6.28. The molecule has 0 saturated carbocycles. The predicted molar refractivity (Wildman–Crippen MR) is 96.1 cm³/mol. The van der Waals surface area contributed by atoms with Gasteiger partial charge in [0, 0.05) is 30.6 Å². The number of aromatic nitrogens is 3. The highest BCUT2D eigenvalue weighted by atomic mass is 16.6. The van der Waals surface area contributed by atoms with E-state index in [2.05, 4.69) is 10.1 Å². The third-order valence-corrected chi connectivity index (χ3v) is 4.47. The fourth-order valence-corrected chi connectivity index (χ4v) is 2.91. The summed E-state index contributed by atoms with van der Waals surface area (Å²) in [6, 6.07) is 7.85. The van der Waals surface area contributed by atoms with Gasteiger partial charge in [0.1, 0.15) is 5.56 Å². The SMILES string of the molecule is Cc1cc(C)n2ncc(C(=O)N(C)C(C)c3cccc([N+](=O)[O-])c3)c2n1. The number of non-ortho nitro benzene ring substituents is 1. The number of nitro benzene ring substituents is 1. The Hall–Kier alpha value is -3.29. The van der Waals surface area contributed by atoms with Crippen LogP contribution >= 0.6 is 0 Å². The summed E-state index contributed by atoms with van der Waals surface area (Å²) in [6.45, 7) is 5.59. The van der Waals surface area contributed by atoms with Crippen LogP contribution in [0, 0.1) is 24.0 Å². The van der Waals surface area contributed by atoms with E-state index in [1.54, 1.807) is 23.7 Å². The number of aryl methyl sites for hydroxylation is 2. The standard InChI is InChI=1S/C18H19N5O3/c1-11-8-12(2)22-17(20-11)16(10-19-22)18(24)21(4)13(3)14-6-5-7-15(9-14)23(25)26/h5-10,13H,1-4H3. The molecule has 8 heteroatoms. The highest BCUT2D eigenvalue weighted by Crippen LogP contribution is 2.25. The molecule has 3 rings (SSSR count). The molecule has 0 spiro atoms. The lowest BCUT2D eigenvalue weighted by molar-refractivity contribution is -0.384. The zero-order valence-corrected chi connectivity index (χ0v) is 15.0. The highest BCUT2D eigenvalue weighted by molar-refractivity contribution is 5.99. The Morgan fingerprint density at radius 3 is 2.73 bits per heavy atom. The number of hydrogen-bond donors (Lipinski definition) is 0. The van der Waals surface area contributed by atoms with E-state index in [1.165, 1.54) is 23.2 Å². The van der Waals surface area contributed by atoms with Crippen LogP contribution in [0.2, 0.25) is 0 Å². The summed E-state index contributed by atoms with van der Waals surface area (Å²) in [5.74, 6) is -0.239. The van der Waals surface area contributed by atoms with E-state index in [9.17, 15) is 14.9 Å². The maximum Gasteiger partial charge on any atom is 0.269 e.